The monoisotopic (exact) mass is 301 g/mol. The van der Waals surface area contributed by atoms with E-state index >= 15 is 0 Å². The number of hydrogen-bond acceptors (Lipinski definition) is 2. The van der Waals surface area contributed by atoms with E-state index in [1.54, 1.807) is 0 Å². The van der Waals surface area contributed by atoms with E-state index in [0.29, 0.717) is 6.54 Å². The summed E-state index contributed by atoms with van der Waals surface area (Å²) >= 11 is 0. The van der Waals surface area contributed by atoms with E-state index < -0.39 is 0 Å². The zero-order valence-corrected chi connectivity index (χ0v) is 13.3. The Morgan fingerprint density at radius 1 is 1.14 bits per heavy atom. The van der Waals surface area contributed by atoms with Gasteiger partial charge in [-0.1, -0.05) is 18.2 Å². The van der Waals surface area contributed by atoms with Crippen LogP contribution in [-0.4, -0.2) is 28.9 Å². The summed E-state index contributed by atoms with van der Waals surface area (Å²) in [6, 6.07) is 8.06. The molecule has 0 aliphatic heterocycles. The molecular weight excluding hydrogens is 278 g/mol. The van der Waals surface area contributed by atoms with Gasteiger partial charge in [0.25, 0.3) is 0 Å². The van der Waals surface area contributed by atoms with E-state index in [2.05, 4.69) is 21.7 Å². The van der Waals surface area contributed by atoms with Gasteiger partial charge in [0.05, 0.1) is 0 Å². The van der Waals surface area contributed by atoms with Crippen LogP contribution in [0.15, 0.2) is 30.5 Å². The predicted octanol–water partition coefficient (Wildman–Crippen LogP) is 2.13. The highest BCUT2D eigenvalue weighted by molar-refractivity contribution is 5.97. The van der Waals surface area contributed by atoms with Gasteiger partial charge in [0.1, 0.15) is 6.42 Å². The SMILES string of the molecule is CC(C)(C)NC(=O)CC(=O)NCCc1c[nH]c2ccccc12. The Bertz CT molecular complexity index is 668. The fourth-order valence-electron chi connectivity index (χ4n) is 2.35. The van der Waals surface area contributed by atoms with Crippen molar-refractivity contribution < 1.29 is 9.59 Å². The minimum Gasteiger partial charge on any atom is -0.361 e. The maximum Gasteiger partial charge on any atom is 0.229 e. The Hall–Kier alpha value is -2.30. The first-order valence-electron chi connectivity index (χ1n) is 7.48. The number of nitrogens with one attached hydrogen (secondary N) is 3. The van der Waals surface area contributed by atoms with Crippen LogP contribution in [0.25, 0.3) is 10.9 Å². The molecule has 0 aliphatic carbocycles. The predicted molar refractivity (Wildman–Crippen MR) is 87.5 cm³/mol. The molecule has 1 aromatic carbocycles. The third kappa shape index (κ3) is 4.62. The quantitative estimate of drug-likeness (QED) is 0.740. The van der Waals surface area contributed by atoms with Crippen LogP contribution in [0, 0.1) is 0 Å². The number of para-hydroxylation sites is 1. The molecule has 2 aromatic rings. The van der Waals surface area contributed by atoms with Gasteiger partial charge in [0.2, 0.25) is 11.8 Å². The summed E-state index contributed by atoms with van der Waals surface area (Å²) in [6.45, 7) is 6.18. The molecule has 1 heterocycles. The third-order valence-electron chi connectivity index (χ3n) is 3.23. The summed E-state index contributed by atoms with van der Waals surface area (Å²) in [5.41, 5.74) is 1.94. The van der Waals surface area contributed by atoms with Gasteiger partial charge in [-0.15, -0.1) is 0 Å². The van der Waals surface area contributed by atoms with E-state index in [9.17, 15) is 9.59 Å². The highest BCUT2D eigenvalue weighted by Gasteiger charge is 2.16. The molecule has 1 aromatic heterocycles. The second kappa shape index (κ2) is 6.64. The number of aromatic nitrogens is 1. The van der Waals surface area contributed by atoms with Crippen molar-refractivity contribution in [2.45, 2.75) is 39.2 Å². The molecule has 2 rings (SSSR count). The number of hydrogen-bond donors (Lipinski definition) is 3. The summed E-state index contributed by atoms with van der Waals surface area (Å²) in [7, 11) is 0. The Kier molecular flexibility index (Phi) is 4.85. The van der Waals surface area contributed by atoms with Crippen LogP contribution in [-0.2, 0) is 16.0 Å². The summed E-state index contributed by atoms with van der Waals surface area (Å²) in [5, 5.41) is 6.73. The lowest BCUT2D eigenvalue weighted by Crippen LogP contribution is -2.42. The van der Waals surface area contributed by atoms with E-state index in [1.165, 1.54) is 5.39 Å². The first-order valence-corrected chi connectivity index (χ1v) is 7.48. The molecule has 5 nitrogen and oxygen atoms in total. The number of fused-ring (bicyclic) bond motifs is 1. The molecule has 118 valence electrons. The molecule has 2 amide bonds. The van der Waals surface area contributed by atoms with Crippen molar-refractivity contribution in [2.75, 3.05) is 6.54 Å². The van der Waals surface area contributed by atoms with Crippen molar-refractivity contribution in [3.05, 3.63) is 36.0 Å². The van der Waals surface area contributed by atoms with Gasteiger partial charge in [0, 0.05) is 29.2 Å². The first-order chi connectivity index (χ1) is 10.3. The van der Waals surface area contributed by atoms with Crippen molar-refractivity contribution in [2.24, 2.45) is 0 Å². The normalized spacial score (nSPS) is 11.4. The molecule has 0 fully saturated rings. The molecule has 0 bridgehead atoms. The molecule has 3 N–H and O–H groups in total. The second-order valence-corrected chi connectivity index (χ2v) is 6.43. The largest absolute Gasteiger partial charge is 0.361 e. The lowest BCUT2D eigenvalue weighted by Gasteiger charge is -2.20. The van der Waals surface area contributed by atoms with Crippen LogP contribution in [0.3, 0.4) is 0 Å². The van der Waals surface area contributed by atoms with Crippen LogP contribution in [0.1, 0.15) is 32.8 Å². The highest BCUT2D eigenvalue weighted by Crippen LogP contribution is 2.17. The van der Waals surface area contributed by atoms with Gasteiger partial charge in [-0.3, -0.25) is 9.59 Å². The second-order valence-electron chi connectivity index (χ2n) is 6.43. The maximum absolute atomic E-state index is 11.8. The van der Waals surface area contributed by atoms with Gasteiger partial charge in [-0.05, 0) is 38.8 Å². The van der Waals surface area contributed by atoms with Crippen LogP contribution < -0.4 is 10.6 Å². The average Bonchev–Trinajstić information content (AvgIpc) is 2.80. The number of aromatic amines is 1. The zero-order chi connectivity index (χ0) is 16.2. The van der Waals surface area contributed by atoms with Crippen LogP contribution in [0.5, 0.6) is 0 Å². The van der Waals surface area contributed by atoms with Crippen molar-refractivity contribution in [1.29, 1.82) is 0 Å². The van der Waals surface area contributed by atoms with Crippen molar-refractivity contribution >= 4 is 22.7 Å². The summed E-state index contributed by atoms with van der Waals surface area (Å²) in [5.74, 6) is -0.501. The van der Waals surface area contributed by atoms with Crippen LogP contribution >= 0.6 is 0 Å². The molecule has 0 aliphatic rings. The summed E-state index contributed by atoms with van der Waals surface area (Å²) in [4.78, 5) is 26.6. The van der Waals surface area contributed by atoms with Gasteiger partial charge < -0.3 is 15.6 Å². The summed E-state index contributed by atoms with van der Waals surface area (Å²) < 4.78 is 0. The zero-order valence-electron chi connectivity index (χ0n) is 13.3. The number of H-pyrrole nitrogens is 1. The molecular formula is C17H23N3O2. The van der Waals surface area contributed by atoms with Gasteiger partial charge in [0.15, 0.2) is 0 Å². The molecule has 0 radical (unpaired) electrons. The topological polar surface area (TPSA) is 74.0 Å². The fraction of sp³-hybridized carbons (Fsp3) is 0.412. The van der Waals surface area contributed by atoms with E-state index in [0.717, 1.165) is 17.5 Å². The Balaban J connectivity index is 1.79. The minimum atomic E-state index is -0.318. The lowest BCUT2D eigenvalue weighted by molar-refractivity contribution is -0.130. The van der Waals surface area contributed by atoms with E-state index in [1.807, 2.05) is 45.2 Å². The Labute approximate surface area is 130 Å². The number of benzene rings is 1. The molecule has 0 unspecified atom stereocenters. The molecule has 0 saturated heterocycles. The maximum atomic E-state index is 11.8. The molecule has 0 spiro atoms. The van der Waals surface area contributed by atoms with E-state index in [-0.39, 0.29) is 23.8 Å². The van der Waals surface area contributed by atoms with Gasteiger partial charge in [-0.2, -0.15) is 0 Å². The molecule has 5 heteroatoms. The number of carbonyl (C=O) groups is 2. The fourth-order valence-corrected chi connectivity index (χ4v) is 2.35. The van der Waals surface area contributed by atoms with Crippen LogP contribution in [0.4, 0.5) is 0 Å². The average molecular weight is 301 g/mol. The minimum absolute atomic E-state index is 0.134. The molecule has 0 atom stereocenters. The number of rotatable bonds is 5. The van der Waals surface area contributed by atoms with Crippen molar-refractivity contribution in [1.82, 2.24) is 15.6 Å². The van der Waals surface area contributed by atoms with Crippen molar-refractivity contribution in [3.63, 3.8) is 0 Å². The smallest absolute Gasteiger partial charge is 0.229 e. The molecule has 0 saturated carbocycles. The number of amides is 2. The van der Waals surface area contributed by atoms with Gasteiger partial charge in [-0.25, -0.2) is 0 Å². The molecule has 22 heavy (non-hydrogen) atoms. The summed E-state index contributed by atoms with van der Waals surface area (Å²) in [6.07, 6.45) is 2.56. The number of carbonyl (C=O) groups excluding carboxylic acids is 2. The Morgan fingerprint density at radius 2 is 1.86 bits per heavy atom. The van der Waals surface area contributed by atoms with Crippen LogP contribution in [0.2, 0.25) is 0 Å². The lowest BCUT2D eigenvalue weighted by atomic mass is 10.1. The Morgan fingerprint density at radius 3 is 2.59 bits per heavy atom. The standard InChI is InChI=1S/C17H23N3O2/c1-17(2,3)20-16(22)10-15(21)18-9-8-12-11-19-14-7-5-4-6-13(12)14/h4-7,11,19H,8-10H2,1-3H3,(H,18,21)(H,20,22). The van der Waals surface area contributed by atoms with Crippen molar-refractivity contribution in [3.8, 4) is 0 Å². The first kappa shape index (κ1) is 16.1. The highest BCUT2D eigenvalue weighted by atomic mass is 16.2. The van der Waals surface area contributed by atoms with Gasteiger partial charge >= 0.3 is 0 Å². The van der Waals surface area contributed by atoms with E-state index in [4.69, 9.17) is 0 Å². The third-order valence-corrected chi connectivity index (χ3v) is 3.23.